The van der Waals surface area contributed by atoms with E-state index < -0.39 is 0 Å². The first kappa shape index (κ1) is 17.1. The van der Waals surface area contributed by atoms with Gasteiger partial charge < -0.3 is 14.5 Å². The van der Waals surface area contributed by atoms with E-state index in [9.17, 15) is 9.59 Å². The Hall–Kier alpha value is -2.26. The molecule has 1 aromatic carbocycles. The van der Waals surface area contributed by atoms with Crippen LogP contribution in [0.25, 0.3) is 0 Å². The predicted molar refractivity (Wildman–Crippen MR) is 85.3 cm³/mol. The van der Waals surface area contributed by atoms with Gasteiger partial charge >= 0.3 is 0 Å². The Kier molecular flexibility index (Phi) is 5.83. The number of nitrogens with zero attached hydrogens (tertiary/aromatic N) is 3. The van der Waals surface area contributed by atoms with Crippen molar-refractivity contribution in [3.8, 4) is 11.8 Å². The SMILES string of the molecule is COc1ccc(Cl)cc1C(=O)N1CCCN(C(=O)CC#N)CC1. The smallest absolute Gasteiger partial charge is 0.257 e. The molecule has 0 unspecified atom stereocenters. The lowest BCUT2D eigenvalue weighted by Crippen LogP contribution is -2.37. The van der Waals surface area contributed by atoms with Crippen molar-refractivity contribution in [1.82, 2.24) is 9.80 Å². The van der Waals surface area contributed by atoms with Crippen molar-refractivity contribution in [3.05, 3.63) is 28.8 Å². The lowest BCUT2D eigenvalue weighted by atomic mass is 10.1. The number of benzene rings is 1. The van der Waals surface area contributed by atoms with Gasteiger partial charge in [0.1, 0.15) is 12.2 Å². The minimum atomic E-state index is -0.192. The molecule has 0 aromatic heterocycles. The number of amides is 2. The van der Waals surface area contributed by atoms with Crippen molar-refractivity contribution in [1.29, 1.82) is 5.26 Å². The van der Waals surface area contributed by atoms with Crippen LogP contribution < -0.4 is 4.74 Å². The van der Waals surface area contributed by atoms with Gasteiger partial charge in [0, 0.05) is 31.2 Å². The highest BCUT2D eigenvalue weighted by Gasteiger charge is 2.24. The van der Waals surface area contributed by atoms with Crippen molar-refractivity contribution >= 4 is 23.4 Å². The van der Waals surface area contributed by atoms with Gasteiger partial charge in [-0.05, 0) is 24.6 Å². The molecule has 0 radical (unpaired) electrons. The molecule has 7 heteroatoms. The fourth-order valence-corrected chi connectivity index (χ4v) is 2.74. The van der Waals surface area contributed by atoms with Crippen molar-refractivity contribution in [3.63, 3.8) is 0 Å². The van der Waals surface area contributed by atoms with Gasteiger partial charge in [0.2, 0.25) is 5.91 Å². The van der Waals surface area contributed by atoms with E-state index in [2.05, 4.69) is 0 Å². The molecule has 2 rings (SSSR count). The number of nitriles is 1. The molecule has 0 spiro atoms. The van der Waals surface area contributed by atoms with Crippen LogP contribution in [0.15, 0.2) is 18.2 Å². The topological polar surface area (TPSA) is 73.6 Å². The van der Waals surface area contributed by atoms with Crippen LogP contribution in [0, 0.1) is 11.3 Å². The van der Waals surface area contributed by atoms with E-state index in [1.54, 1.807) is 28.0 Å². The fourth-order valence-electron chi connectivity index (χ4n) is 2.57. The predicted octanol–water partition coefficient (Wildman–Crippen LogP) is 1.94. The Bertz CT molecular complexity index is 642. The van der Waals surface area contributed by atoms with Gasteiger partial charge in [-0.25, -0.2) is 0 Å². The van der Waals surface area contributed by atoms with Gasteiger partial charge in [-0.3, -0.25) is 9.59 Å². The van der Waals surface area contributed by atoms with Crippen molar-refractivity contribution in [2.24, 2.45) is 0 Å². The van der Waals surface area contributed by atoms with Gasteiger partial charge in [-0.15, -0.1) is 0 Å². The molecule has 122 valence electrons. The fraction of sp³-hybridized carbons (Fsp3) is 0.438. The van der Waals surface area contributed by atoms with Gasteiger partial charge in [0.05, 0.1) is 18.7 Å². The first-order valence-electron chi connectivity index (χ1n) is 7.34. The summed E-state index contributed by atoms with van der Waals surface area (Å²) in [6.07, 6.45) is 0.544. The second-order valence-electron chi connectivity index (χ2n) is 5.21. The molecule has 1 aliphatic heterocycles. The Labute approximate surface area is 140 Å². The molecular formula is C16H18ClN3O3. The summed E-state index contributed by atoms with van der Waals surface area (Å²) in [7, 11) is 1.50. The number of halogens is 1. The van der Waals surface area contributed by atoms with Crippen LogP contribution in [0.4, 0.5) is 0 Å². The normalized spacial score (nSPS) is 14.8. The second kappa shape index (κ2) is 7.84. The third-order valence-corrected chi connectivity index (χ3v) is 3.99. The van der Waals surface area contributed by atoms with E-state index in [1.807, 2.05) is 6.07 Å². The van der Waals surface area contributed by atoms with Crippen molar-refractivity contribution < 1.29 is 14.3 Å². The molecular weight excluding hydrogens is 318 g/mol. The minimum absolute atomic E-state index is 0.129. The monoisotopic (exact) mass is 335 g/mol. The van der Waals surface area contributed by atoms with E-state index in [0.29, 0.717) is 48.9 Å². The van der Waals surface area contributed by atoms with Crippen LogP contribution in [0.2, 0.25) is 5.02 Å². The second-order valence-corrected chi connectivity index (χ2v) is 5.64. The Morgan fingerprint density at radius 2 is 1.96 bits per heavy atom. The summed E-state index contributed by atoms with van der Waals surface area (Å²) in [5.41, 5.74) is 0.414. The Morgan fingerprint density at radius 1 is 1.26 bits per heavy atom. The Balaban J connectivity index is 2.11. The summed E-state index contributed by atoms with van der Waals surface area (Å²) in [6.45, 7) is 1.95. The number of hydrogen-bond acceptors (Lipinski definition) is 4. The van der Waals surface area contributed by atoms with Crippen LogP contribution in [-0.2, 0) is 4.79 Å². The van der Waals surface area contributed by atoms with Crippen LogP contribution in [0.1, 0.15) is 23.2 Å². The first-order chi connectivity index (χ1) is 11.1. The molecule has 0 atom stereocenters. The zero-order valence-corrected chi connectivity index (χ0v) is 13.7. The number of hydrogen-bond donors (Lipinski definition) is 0. The van der Waals surface area contributed by atoms with Gasteiger partial charge in [-0.2, -0.15) is 5.26 Å². The van der Waals surface area contributed by atoms with E-state index in [1.165, 1.54) is 7.11 Å². The van der Waals surface area contributed by atoms with Gasteiger partial charge in [0.25, 0.3) is 5.91 Å². The highest BCUT2D eigenvalue weighted by molar-refractivity contribution is 6.31. The van der Waals surface area contributed by atoms with Crippen molar-refractivity contribution in [2.45, 2.75) is 12.8 Å². The third-order valence-electron chi connectivity index (χ3n) is 3.76. The maximum Gasteiger partial charge on any atom is 0.257 e. The molecule has 1 aromatic rings. The van der Waals surface area contributed by atoms with E-state index in [4.69, 9.17) is 21.6 Å². The number of rotatable bonds is 3. The molecule has 1 heterocycles. The van der Waals surface area contributed by atoms with Crippen LogP contribution in [0.3, 0.4) is 0 Å². The van der Waals surface area contributed by atoms with Crippen LogP contribution in [-0.4, -0.2) is 54.9 Å². The molecule has 0 saturated carbocycles. The van der Waals surface area contributed by atoms with Gasteiger partial charge in [0.15, 0.2) is 0 Å². The Morgan fingerprint density at radius 3 is 2.65 bits per heavy atom. The average molecular weight is 336 g/mol. The molecule has 1 fully saturated rings. The molecule has 0 aliphatic carbocycles. The zero-order chi connectivity index (χ0) is 16.8. The van der Waals surface area contributed by atoms with E-state index in [-0.39, 0.29) is 18.2 Å². The van der Waals surface area contributed by atoms with Crippen molar-refractivity contribution in [2.75, 3.05) is 33.3 Å². The quantitative estimate of drug-likeness (QED) is 0.846. The number of ether oxygens (including phenoxy) is 1. The summed E-state index contributed by atoms with van der Waals surface area (Å²) in [5, 5.41) is 9.09. The first-order valence-corrected chi connectivity index (χ1v) is 7.72. The van der Waals surface area contributed by atoms with Gasteiger partial charge in [-0.1, -0.05) is 11.6 Å². The molecule has 23 heavy (non-hydrogen) atoms. The maximum atomic E-state index is 12.7. The molecule has 2 amide bonds. The standard InChI is InChI=1S/C16H18ClN3O3/c1-23-14-4-3-12(17)11-13(14)16(22)20-8-2-7-19(9-10-20)15(21)5-6-18/h3-4,11H,2,5,7-10H2,1H3. The summed E-state index contributed by atoms with van der Waals surface area (Å²) < 4.78 is 5.23. The third kappa shape index (κ3) is 4.14. The number of methoxy groups -OCH3 is 1. The minimum Gasteiger partial charge on any atom is -0.496 e. The largest absolute Gasteiger partial charge is 0.496 e. The molecule has 0 N–H and O–H groups in total. The summed E-state index contributed by atoms with van der Waals surface area (Å²) in [4.78, 5) is 27.8. The van der Waals surface area contributed by atoms with E-state index >= 15 is 0 Å². The lowest BCUT2D eigenvalue weighted by molar-refractivity contribution is -0.130. The molecule has 1 saturated heterocycles. The van der Waals surface area contributed by atoms with Crippen LogP contribution >= 0.6 is 11.6 Å². The summed E-state index contributed by atoms with van der Waals surface area (Å²) >= 11 is 5.98. The molecule has 0 bridgehead atoms. The highest BCUT2D eigenvalue weighted by Crippen LogP contribution is 2.24. The van der Waals surface area contributed by atoms with E-state index in [0.717, 1.165) is 0 Å². The summed E-state index contributed by atoms with van der Waals surface area (Å²) in [5.74, 6) is 0.113. The zero-order valence-electron chi connectivity index (χ0n) is 12.9. The maximum absolute atomic E-state index is 12.7. The number of carbonyl (C=O) groups is 2. The lowest BCUT2D eigenvalue weighted by Gasteiger charge is -2.22. The number of carbonyl (C=O) groups excluding carboxylic acids is 2. The summed E-state index contributed by atoms with van der Waals surface area (Å²) in [6, 6.07) is 6.78. The average Bonchev–Trinajstić information content (AvgIpc) is 2.80. The van der Waals surface area contributed by atoms with Crippen LogP contribution in [0.5, 0.6) is 5.75 Å². The highest BCUT2D eigenvalue weighted by atomic mass is 35.5. The molecule has 6 nitrogen and oxygen atoms in total. The molecule has 1 aliphatic rings.